The van der Waals surface area contributed by atoms with Crippen molar-refractivity contribution in [2.75, 3.05) is 11.9 Å². The number of carbonyl (C=O) groups excluding carboxylic acids is 1. The first-order chi connectivity index (χ1) is 15.4. The Bertz CT molecular complexity index is 1270. The number of hydrogen-bond donors (Lipinski definition) is 3. The minimum Gasteiger partial charge on any atom is -0.507 e. The first kappa shape index (κ1) is 21.7. The topological polar surface area (TPSA) is 83.5 Å². The van der Waals surface area contributed by atoms with Crippen molar-refractivity contribution in [1.29, 1.82) is 0 Å². The predicted molar refractivity (Wildman–Crippen MR) is 133 cm³/mol. The van der Waals surface area contributed by atoms with Crippen LogP contribution in [0.15, 0.2) is 60.7 Å². The molecular weight excluding hydrogens is 442 g/mol. The third kappa shape index (κ3) is 4.71. The molecule has 0 atom stereocenters. The number of benzene rings is 3. The van der Waals surface area contributed by atoms with Crippen molar-refractivity contribution in [1.82, 2.24) is 10.3 Å². The Morgan fingerprint density at radius 2 is 1.91 bits per heavy atom. The number of para-hydroxylation sites is 1. The van der Waals surface area contributed by atoms with Crippen molar-refractivity contribution in [2.24, 2.45) is 0 Å². The van der Waals surface area contributed by atoms with Crippen LogP contribution in [0, 0.1) is 6.92 Å². The molecule has 0 saturated carbocycles. The van der Waals surface area contributed by atoms with Gasteiger partial charge in [0.1, 0.15) is 16.5 Å². The molecule has 0 bridgehead atoms. The summed E-state index contributed by atoms with van der Waals surface area (Å²) in [6.45, 7) is 4.27. The quantitative estimate of drug-likeness (QED) is 0.268. The zero-order valence-corrected chi connectivity index (χ0v) is 19.1. The number of carbonyl (C=O) groups is 1. The second kappa shape index (κ2) is 9.33. The minimum atomic E-state index is -0.326. The number of anilines is 1. The number of phenolic OH excluding ortho intramolecular Hbond substituents is 1. The number of amides is 1. The monoisotopic (exact) mass is 463 g/mol. The van der Waals surface area contributed by atoms with Crippen LogP contribution in [0.4, 0.5) is 5.69 Å². The van der Waals surface area contributed by atoms with Crippen LogP contribution in [-0.4, -0.2) is 27.7 Å². The highest BCUT2D eigenvalue weighted by molar-refractivity contribution is 7.80. The maximum Gasteiger partial charge on any atom is 0.257 e. The van der Waals surface area contributed by atoms with Crippen LogP contribution < -0.4 is 15.4 Å². The molecule has 0 unspecified atom stereocenters. The number of rotatable bonds is 5. The van der Waals surface area contributed by atoms with E-state index in [1.807, 2.05) is 31.2 Å². The van der Waals surface area contributed by atoms with Gasteiger partial charge >= 0.3 is 0 Å². The van der Waals surface area contributed by atoms with Gasteiger partial charge in [-0.05, 0) is 80.2 Å². The van der Waals surface area contributed by atoms with Gasteiger partial charge in [-0.2, -0.15) is 0 Å². The van der Waals surface area contributed by atoms with Crippen LogP contribution in [0.3, 0.4) is 0 Å². The van der Waals surface area contributed by atoms with E-state index in [4.69, 9.17) is 17.0 Å². The zero-order chi connectivity index (χ0) is 22.7. The molecule has 3 aromatic carbocycles. The van der Waals surface area contributed by atoms with Gasteiger partial charge in [-0.3, -0.25) is 10.1 Å². The van der Waals surface area contributed by atoms with Gasteiger partial charge in [0, 0.05) is 11.3 Å². The van der Waals surface area contributed by atoms with E-state index in [9.17, 15) is 9.90 Å². The molecule has 3 N–H and O–H groups in total. The zero-order valence-electron chi connectivity index (χ0n) is 17.5. The fourth-order valence-electron chi connectivity index (χ4n) is 3.21. The lowest BCUT2D eigenvalue weighted by Crippen LogP contribution is -2.34. The third-order valence-electron chi connectivity index (χ3n) is 4.74. The van der Waals surface area contributed by atoms with Gasteiger partial charge in [0.25, 0.3) is 5.91 Å². The molecule has 0 aliphatic carbocycles. The Hall–Kier alpha value is -3.49. The van der Waals surface area contributed by atoms with Crippen molar-refractivity contribution >= 4 is 50.5 Å². The van der Waals surface area contributed by atoms with Crippen LogP contribution in [-0.2, 0) is 0 Å². The first-order valence-corrected chi connectivity index (χ1v) is 11.2. The molecule has 1 heterocycles. The molecule has 1 aromatic heterocycles. The summed E-state index contributed by atoms with van der Waals surface area (Å²) in [5.41, 5.74) is 3.27. The molecule has 0 aliphatic heterocycles. The summed E-state index contributed by atoms with van der Waals surface area (Å²) in [4.78, 5) is 17.1. The summed E-state index contributed by atoms with van der Waals surface area (Å²) in [6, 6.07) is 18.2. The fourth-order valence-corrected chi connectivity index (χ4v) is 4.40. The Kier molecular flexibility index (Phi) is 6.34. The summed E-state index contributed by atoms with van der Waals surface area (Å²) in [6.07, 6.45) is 0. The number of aryl methyl sites for hydroxylation is 1. The Labute approximate surface area is 194 Å². The molecule has 0 aliphatic rings. The molecule has 6 nitrogen and oxygen atoms in total. The average molecular weight is 464 g/mol. The number of phenols is 1. The molecular formula is C24H21N3O3S2. The normalized spacial score (nSPS) is 10.7. The van der Waals surface area contributed by atoms with Gasteiger partial charge < -0.3 is 15.2 Å². The molecule has 162 valence electrons. The van der Waals surface area contributed by atoms with Crippen LogP contribution in [0.1, 0.15) is 22.8 Å². The number of fused-ring (bicyclic) bond motifs is 1. The Balaban J connectivity index is 1.51. The van der Waals surface area contributed by atoms with E-state index in [2.05, 4.69) is 15.6 Å². The van der Waals surface area contributed by atoms with Gasteiger partial charge in [0.2, 0.25) is 0 Å². The number of ether oxygens (including phenoxy) is 1. The second-order valence-corrected chi connectivity index (χ2v) is 8.48. The summed E-state index contributed by atoms with van der Waals surface area (Å²) < 4.78 is 6.43. The van der Waals surface area contributed by atoms with E-state index in [-0.39, 0.29) is 16.8 Å². The number of aromatic hydroxyl groups is 1. The van der Waals surface area contributed by atoms with E-state index in [0.717, 1.165) is 10.2 Å². The molecule has 8 heteroatoms. The number of hydrogen-bond acceptors (Lipinski definition) is 6. The van der Waals surface area contributed by atoms with Crippen molar-refractivity contribution in [3.63, 3.8) is 0 Å². The van der Waals surface area contributed by atoms with E-state index in [0.29, 0.717) is 39.7 Å². The van der Waals surface area contributed by atoms with Crippen LogP contribution >= 0.6 is 23.6 Å². The van der Waals surface area contributed by atoms with Gasteiger partial charge in [-0.15, -0.1) is 11.3 Å². The van der Waals surface area contributed by atoms with Crippen molar-refractivity contribution in [3.05, 3.63) is 71.8 Å². The maximum absolute atomic E-state index is 12.5. The lowest BCUT2D eigenvalue weighted by atomic mass is 10.1. The number of aromatic nitrogens is 1. The molecule has 4 rings (SSSR count). The summed E-state index contributed by atoms with van der Waals surface area (Å²) in [7, 11) is 0. The molecule has 0 fully saturated rings. The largest absolute Gasteiger partial charge is 0.507 e. The number of nitrogens with zero attached hydrogens (tertiary/aromatic N) is 1. The van der Waals surface area contributed by atoms with E-state index >= 15 is 0 Å². The average Bonchev–Trinajstić information content (AvgIpc) is 3.21. The molecule has 0 saturated heterocycles. The first-order valence-electron chi connectivity index (χ1n) is 9.99. The standard InChI is InChI=1S/C24H21N3O3S2/c1-3-30-17-10-8-15(9-11-17)22(29)27-24(31)25-16-12-14(2)21(28)18(13-16)23-26-19-6-4-5-7-20(19)32-23/h4-13,28H,3H2,1-2H3,(H2,25,27,29,31). The second-order valence-electron chi connectivity index (χ2n) is 7.04. The van der Waals surface area contributed by atoms with Crippen molar-refractivity contribution in [2.45, 2.75) is 13.8 Å². The van der Waals surface area contributed by atoms with E-state index < -0.39 is 0 Å². The molecule has 1 amide bonds. The van der Waals surface area contributed by atoms with Crippen molar-refractivity contribution in [3.8, 4) is 22.1 Å². The predicted octanol–water partition coefficient (Wildman–Crippen LogP) is 5.50. The number of thiocarbonyl (C=S) groups is 1. The summed E-state index contributed by atoms with van der Waals surface area (Å²) >= 11 is 6.83. The number of nitrogens with one attached hydrogen (secondary N) is 2. The van der Waals surface area contributed by atoms with Gasteiger partial charge in [-0.1, -0.05) is 12.1 Å². The third-order valence-corrected chi connectivity index (χ3v) is 6.01. The van der Waals surface area contributed by atoms with Gasteiger partial charge in [0.05, 0.1) is 22.4 Å². The van der Waals surface area contributed by atoms with E-state index in [1.54, 1.807) is 43.3 Å². The molecule has 4 aromatic rings. The maximum atomic E-state index is 12.5. The van der Waals surface area contributed by atoms with Crippen LogP contribution in [0.2, 0.25) is 0 Å². The highest BCUT2D eigenvalue weighted by Crippen LogP contribution is 2.38. The van der Waals surface area contributed by atoms with Crippen LogP contribution in [0.25, 0.3) is 20.8 Å². The van der Waals surface area contributed by atoms with Crippen molar-refractivity contribution < 1.29 is 14.6 Å². The highest BCUT2D eigenvalue weighted by Gasteiger charge is 2.15. The van der Waals surface area contributed by atoms with Crippen LogP contribution in [0.5, 0.6) is 11.5 Å². The van der Waals surface area contributed by atoms with E-state index in [1.165, 1.54) is 11.3 Å². The summed E-state index contributed by atoms with van der Waals surface area (Å²) in [5, 5.41) is 17.2. The van der Waals surface area contributed by atoms with Gasteiger partial charge in [-0.25, -0.2) is 4.98 Å². The lowest BCUT2D eigenvalue weighted by Gasteiger charge is -2.13. The molecule has 0 spiro atoms. The van der Waals surface area contributed by atoms with Gasteiger partial charge in [0.15, 0.2) is 5.11 Å². The summed E-state index contributed by atoms with van der Waals surface area (Å²) in [5.74, 6) is 0.540. The number of thiazole rings is 1. The fraction of sp³-hybridized carbons (Fsp3) is 0.125. The SMILES string of the molecule is CCOc1ccc(C(=O)NC(=S)Nc2cc(C)c(O)c(-c3nc4ccccc4s3)c2)cc1. The minimum absolute atomic E-state index is 0.157. The Morgan fingerprint density at radius 1 is 1.16 bits per heavy atom. The Morgan fingerprint density at radius 3 is 2.62 bits per heavy atom. The smallest absolute Gasteiger partial charge is 0.257 e. The highest BCUT2D eigenvalue weighted by atomic mass is 32.1. The lowest BCUT2D eigenvalue weighted by molar-refractivity contribution is 0.0977. The molecule has 32 heavy (non-hydrogen) atoms. The molecule has 0 radical (unpaired) electrons.